The number of fused-ring (bicyclic) bond motifs is 10. The minimum atomic E-state index is 0.580. The summed E-state index contributed by atoms with van der Waals surface area (Å²) < 4.78 is 8.82. The van der Waals surface area contributed by atoms with Gasteiger partial charge in [0.15, 0.2) is 17.5 Å². The fourth-order valence-electron chi connectivity index (χ4n) is 11.1. The lowest BCUT2D eigenvalue weighted by Crippen LogP contribution is -2.04. The van der Waals surface area contributed by atoms with Gasteiger partial charge in [-0.15, -0.1) is 0 Å². The van der Waals surface area contributed by atoms with Gasteiger partial charge in [-0.3, -0.25) is 0 Å². The Balaban J connectivity index is 1.10. The van der Waals surface area contributed by atoms with E-state index < -0.39 is 0 Å². The normalized spacial score (nSPS) is 11.9. The van der Waals surface area contributed by atoms with E-state index in [-0.39, 0.29) is 0 Å². The zero-order valence-electron chi connectivity index (χ0n) is 38.8. The molecule has 0 aliphatic rings. The van der Waals surface area contributed by atoms with E-state index in [9.17, 15) is 0 Å². The maximum absolute atomic E-state index is 6.29. The first-order valence-corrected chi connectivity index (χ1v) is 24.4. The molecule has 0 radical (unpaired) electrons. The summed E-state index contributed by atoms with van der Waals surface area (Å²) in [6.07, 6.45) is 0. The van der Waals surface area contributed by atoms with Crippen molar-refractivity contribution in [3.63, 3.8) is 0 Å². The van der Waals surface area contributed by atoms with Crippen LogP contribution in [-0.4, -0.2) is 19.5 Å². The van der Waals surface area contributed by atoms with Crippen LogP contribution in [0, 0.1) is 0 Å². The molecule has 72 heavy (non-hydrogen) atoms. The first-order valence-electron chi connectivity index (χ1n) is 24.4. The van der Waals surface area contributed by atoms with Crippen molar-refractivity contribution in [2.24, 2.45) is 0 Å². The van der Waals surface area contributed by atoms with Crippen molar-refractivity contribution in [3.05, 3.63) is 243 Å². The second-order valence-corrected chi connectivity index (χ2v) is 18.8. The lowest BCUT2D eigenvalue weighted by molar-refractivity contribution is 0.669. The van der Waals surface area contributed by atoms with Gasteiger partial charge in [0.25, 0.3) is 0 Å². The number of benzene rings is 12. The van der Waals surface area contributed by atoms with E-state index in [1.165, 1.54) is 37.7 Å². The summed E-state index contributed by atoms with van der Waals surface area (Å²) in [6.45, 7) is 0. The van der Waals surface area contributed by atoms with Gasteiger partial charge in [0.2, 0.25) is 0 Å². The fraction of sp³-hybridized carbons (Fsp3) is 0. The molecule has 334 valence electrons. The molecule has 0 unspecified atom stereocenters. The van der Waals surface area contributed by atoms with Crippen molar-refractivity contribution in [1.82, 2.24) is 19.5 Å². The molecule has 0 bridgehead atoms. The highest BCUT2D eigenvalue weighted by Gasteiger charge is 2.25. The molecule has 3 aromatic heterocycles. The van der Waals surface area contributed by atoms with Crippen molar-refractivity contribution in [2.45, 2.75) is 0 Å². The predicted octanol–water partition coefficient (Wildman–Crippen LogP) is 17.8. The quantitative estimate of drug-likeness (QED) is 0.167. The summed E-state index contributed by atoms with van der Waals surface area (Å²) in [5, 5.41) is 13.7. The molecule has 0 amide bonds. The van der Waals surface area contributed by atoms with E-state index in [0.29, 0.717) is 17.5 Å². The van der Waals surface area contributed by atoms with Crippen LogP contribution in [-0.2, 0) is 0 Å². The Morgan fingerprint density at radius 1 is 0.264 bits per heavy atom. The first-order chi connectivity index (χ1) is 35.6. The zero-order valence-corrected chi connectivity index (χ0v) is 38.8. The average molecular weight is 917 g/mol. The topological polar surface area (TPSA) is 56.7 Å². The van der Waals surface area contributed by atoms with Crippen molar-refractivity contribution in [1.29, 1.82) is 0 Å². The van der Waals surface area contributed by atoms with Crippen LogP contribution in [0.1, 0.15) is 0 Å². The summed E-state index contributed by atoms with van der Waals surface area (Å²) in [5.74, 6) is 1.76. The number of nitrogens with zero attached hydrogens (tertiary/aromatic N) is 4. The van der Waals surface area contributed by atoms with Gasteiger partial charge >= 0.3 is 0 Å². The molecule has 5 nitrogen and oxygen atoms in total. The van der Waals surface area contributed by atoms with Crippen molar-refractivity contribution < 1.29 is 4.42 Å². The van der Waals surface area contributed by atoms with E-state index in [1.54, 1.807) is 0 Å². The molecular weight excluding hydrogens is 877 g/mol. The van der Waals surface area contributed by atoms with E-state index in [0.717, 1.165) is 93.8 Å². The molecule has 0 aliphatic heterocycles. The minimum absolute atomic E-state index is 0.580. The van der Waals surface area contributed by atoms with Crippen LogP contribution in [0.2, 0.25) is 0 Å². The number of furan rings is 1. The van der Waals surface area contributed by atoms with E-state index in [4.69, 9.17) is 19.4 Å². The van der Waals surface area contributed by atoms with Crippen LogP contribution in [0.15, 0.2) is 247 Å². The second-order valence-electron chi connectivity index (χ2n) is 18.8. The van der Waals surface area contributed by atoms with Gasteiger partial charge in [-0.1, -0.05) is 176 Å². The van der Waals surface area contributed by atoms with Gasteiger partial charge in [0, 0.05) is 49.2 Å². The maximum atomic E-state index is 6.29. The molecule has 0 saturated carbocycles. The SMILES string of the molecule is c1ccc(-c2ccc3c(-n4c5cc6ccccc6cc5c5cc6ccccc6cc54)c(-c4ccc5ccccc5c4)cc(-c4nc(-c5ccccc5)nc(-c5ccc6oc7ccccc7c6c5)n4)c3c2)cc1. The Morgan fingerprint density at radius 2 is 0.778 bits per heavy atom. The Bertz CT molecular complexity index is 4590. The van der Waals surface area contributed by atoms with Gasteiger partial charge < -0.3 is 8.98 Å². The van der Waals surface area contributed by atoms with E-state index in [2.05, 4.69) is 205 Å². The summed E-state index contributed by atoms with van der Waals surface area (Å²) in [7, 11) is 0. The fourth-order valence-corrected chi connectivity index (χ4v) is 11.1. The zero-order chi connectivity index (χ0) is 47.3. The Labute approximate surface area is 413 Å². The summed E-state index contributed by atoms with van der Waals surface area (Å²) in [5.41, 5.74) is 12.1. The molecule has 0 saturated heterocycles. The number of aromatic nitrogens is 4. The molecule has 15 aromatic rings. The molecular formula is C67H40N4O. The monoisotopic (exact) mass is 916 g/mol. The van der Waals surface area contributed by atoms with Gasteiger partial charge in [-0.05, 0) is 121 Å². The van der Waals surface area contributed by atoms with Crippen LogP contribution < -0.4 is 0 Å². The van der Waals surface area contributed by atoms with Gasteiger partial charge in [-0.25, -0.2) is 15.0 Å². The Hall–Kier alpha value is -9.71. The van der Waals surface area contributed by atoms with Crippen LogP contribution in [0.3, 0.4) is 0 Å². The number of para-hydroxylation sites is 1. The van der Waals surface area contributed by atoms with Crippen molar-refractivity contribution in [3.8, 4) is 62.1 Å². The van der Waals surface area contributed by atoms with E-state index in [1.807, 2.05) is 42.5 Å². The second kappa shape index (κ2) is 15.9. The molecule has 12 aromatic carbocycles. The maximum Gasteiger partial charge on any atom is 0.164 e. The van der Waals surface area contributed by atoms with Crippen LogP contribution in [0.4, 0.5) is 0 Å². The third kappa shape index (κ3) is 6.45. The lowest BCUT2D eigenvalue weighted by Gasteiger charge is -2.21. The molecule has 0 spiro atoms. The Morgan fingerprint density at radius 3 is 1.47 bits per heavy atom. The predicted molar refractivity (Wildman–Crippen MR) is 299 cm³/mol. The summed E-state index contributed by atoms with van der Waals surface area (Å²) in [4.78, 5) is 16.2. The number of hydrogen-bond donors (Lipinski definition) is 0. The van der Waals surface area contributed by atoms with Gasteiger partial charge in [0.1, 0.15) is 11.2 Å². The first kappa shape index (κ1) is 40.2. The smallest absolute Gasteiger partial charge is 0.164 e. The van der Waals surface area contributed by atoms with Crippen LogP contribution in [0.5, 0.6) is 0 Å². The Kier molecular flexibility index (Phi) is 8.89. The van der Waals surface area contributed by atoms with Crippen LogP contribution in [0.25, 0.3) is 149 Å². The minimum Gasteiger partial charge on any atom is -0.456 e. The summed E-state index contributed by atoms with van der Waals surface area (Å²) in [6, 6.07) is 86.9. The lowest BCUT2D eigenvalue weighted by atomic mass is 9.90. The van der Waals surface area contributed by atoms with Crippen molar-refractivity contribution in [2.75, 3.05) is 0 Å². The average Bonchev–Trinajstić information content (AvgIpc) is 3.97. The summed E-state index contributed by atoms with van der Waals surface area (Å²) >= 11 is 0. The molecule has 5 heteroatoms. The highest BCUT2D eigenvalue weighted by molar-refractivity contribution is 6.19. The standard InChI is InChI=1S/C67H40N4O/c1-3-15-41(16-4-1)49-29-31-53-55(34-49)59(67-69-65(43-18-5-2-6-19-43)68-66(70-67)51-30-32-63-58(37-51)52-25-13-14-26-62(52)72-63)40-54(50-28-27-42-17-7-8-20-44(42)33-50)64(53)71-60-38-47-23-11-9-21-45(47)35-56(60)57-36-46-22-10-12-24-48(46)39-61(57)71/h1-40H. The van der Waals surface area contributed by atoms with E-state index >= 15 is 0 Å². The molecule has 15 rings (SSSR count). The molecule has 0 N–H and O–H groups in total. The van der Waals surface area contributed by atoms with Crippen molar-refractivity contribution >= 4 is 86.8 Å². The van der Waals surface area contributed by atoms with Crippen LogP contribution >= 0.6 is 0 Å². The molecule has 3 heterocycles. The number of rotatable bonds is 6. The molecule has 0 atom stereocenters. The van der Waals surface area contributed by atoms with Gasteiger partial charge in [0.05, 0.1) is 16.7 Å². The largest absolute Gasteiger partial charge is 0.456 e. The van der Waals surface area contributed by atoms with Gasteiger partial charge in [-0.2, -0.15) is 0 Å². The highest BCUT2D eigenvalue weighted by atomic mass is 16.3. The number of hydrogen-bond acceptors (Lipinski definition) is 4. The highest BCUT2D eigenvalue weighted by Crippen LogP contribution is 2.46. The molecule has 0 fully saturated rings. The third-order valence-electron chi connectivity index (χ3n) is 14.5. The third-order valence-corrected chi connectivity index (χ3v) is 14.5. The molecule has 0 aliphatic carbocycles.